The van der Waals surface area contributed by atoms with Gasteiger partial charge in [-0.05, 0) is 119 Å². The van der Waals surface area contributed by atoms with Crippen molar-refractivity contribution in [2.75, 3.05) is 13.2 Å². The van der Waals surface area contributed by atoms with Gasteiger partial charge in [-0.25, -0.2) is 0 Å². The Kier molecular flexibility index (Phi) is 7.72. The second-order valence-electron chi connectivity index (χ2n) is 13.6. The maximum Gasteiger partial charge on any atom is 0.306 e. The minimum absolute atomic E-state index is 0.0661. The molecule has 0 spiro atoms. The number of carboxylic acid groups (broad SMARTS) is 1. The number of carbonyl (C=O) groups excluding carboxylic acids is 2. The van der Waals surface area contributed by atoms with Crippen molar-refractivity contribution in [2.24, 2.45) is 45.6 Å². The Morgan fingerprint density at radius 1 is 1.00 bits per heavy atom. The van der Waals surface area contributed by atoms with Crippen molar-refractivity contribution in [2.45, 2.75) is 103 Å². The highest BCUT2D eigenvalue weighted by Gasteiger charge is 2.65. The van der Waals surface area contributed by atoms with Crippen molar-refractivity contribution in [3.05, 3.63) is 11.6 Å². The van der Waals surface area contributed by atoms with E-state index in [0.29, 0.717) is 49.5 Å². The highest BCUT2D eigenvalue weighted by atomic mass is 16.6. The van der Waals surface area contributed by atoms with Crippen LogP contribution in [0.15, 0.2) is 16.8 Å². The second-order valence-corrected chi connectivity index (χ2v) is 13.6. The molecule has 0 aromatic rings. The minimum Gasteiger partial charge on any atom is -0.481 e. The molecule has 8 nitrogen and oxygen atoms in total. The van der Waals surface area contributed by atoms with Gasteiger partial charge in [-0.15, -0.1) is 0 Å². The first-order chi connectivity index (χ1) is 18.5. The van der Waals surface area contributed by atoms with Crippen molar-refractivity contribution in [1.82, 2.24) is 5.32 Å². The topological polar surface area (TPSA) is 125 Å². The van der Waals surface area contributed by atoms with Gasteiger partial charge in [0.05, 0.1) is 11.6 Å². The molecule has 5 rings (SSSR count). The highest BCUT2D eigenvalue weighted by molar-refractivity contribution is 5.96. The number of hydrogen-bond acceptors (Lipinski definition) is 6. The van der Waals surface area contributed by atoms with E-state index < -0.39 is 11.6 Å². The van der Waals surface area contributed by atoms with Gasteiger partial charge in [0.1, 0.15) is 5.60 Å². The monoisotopic (exact) mass is 542 g/mol. The number of aliphatic hydroxyl groups is 1. The maximum absolute atomic E-state index is 12.5. The molecule has 4 saturated carbocycles. The van der Waals surface area contributed by atoms with E-state index in [0.717, 1.165) is 63.5 Å². The summed E-state index contributed by atoms with van der Waals surface area (Å²) in [6.45, 7) is 6.57. The molecular weight excluding hydrogens is 496 g/mol. The standard InChI is InChI=1S/C31H46N2O6/c1-19(34)31(38)15-12-26-24-9-8-22-16-23(10-13-29(22,2)25(24)11-14-30(26,31)3)33-39-18-27(35)32-17-20-4-6-21(7-5-20)28(36)37/h16,20-21,24-26,38H,4-15,17-18H2,1-3H3,(H,32,35)(H,36,37). The molecule has 0 bridgehead atoms. The second kappa shape index (κ2) is 10.6. The molecule has 0 aliphatic heterocycles. The van der Waals surface area contributed by atoms with Crippen molar-refractivity contribution in [3.63, 3.8) is 0 Å². The number of allylic oxidation sites excluding steroid dienone is 2. The predicted molar refractivity (Wildman–Crippen MR) is 147 cm³/mol. The van der Waals surface area contributed by atoms with Crippen LogP contribution >= 0.6 is 0 Å². The van der Waals surface area contributed by atoms with E-state index in [1.54, 1.807) is 6.92 Å². The Morgan fingerprint density at radius 2 is 1.72 bits per heavy atom. The molecule has 6 atom stereocenters. The van der Waals surface area contributed by atoms with Crippen LogP contribution < -0.4 is 5.32 Å². The van der Waals surface area contributed by atoms with E-state index in [4.69, 9.17) is 9.94 Å². The predicted octanol–water partition coefficient (Wildman–Crippen LogP) is 4.65. The molecule has 1 amide bonds. The summed E-state index contributed by atoms with van der Waals surface area (Å²) >= 11 is 0. The number of ketones is 1. The highest BCUT2D eigenvalue weighted by Crippen LogP contribution is 2.67. The molecule has 5 aliphatic carbocycles. The van der Waals surface area contributed by atoms with Crippen molar-refractivity contribution in [1.29, 1.82) is 0 Å². The number of amides is 1. The van der Waals surface area contributed by atoms with E-state index in [1.807, 2.05) is 0 Å². The zero-order valence-electron chi connectivity index (χ0n) is 23.8. The van der Waals surface area contributed by atoms with Gasteiger partial charge < -0.3 is 20.4 Å². The third-order valence-electron chi connectivity index (χ3n) is 11.9. The van der Waals surface area contributed by atoms with E-state index in [-0.39, 0.29) is 35.0 Å². The molecule has 6 unspecified atom stereocenters. The molecule has 5 aliphatic rings. The van der Waals surface area contributed by atoms with Gasteiger partial charge >= 0.3 is 5.97 Å². The Morgan fingerprint density at radius 3 is 2.41 bits per heavy atom. The van der Waals surface area contributed by atoms with E-state index in [2.05, 4.69) is 30.4 Å². The van der Waals surface area contributed by atoms with Crippen LogP contribution in [0, 0.1) is 40.4 Å². The fourth-order valence-electron chi connectivity index (χ4n) is 9.33. The number of carboxylic acids is 1. The van der Waals surface area contributed by atoms with E-state index in [1.165, 1.54) is 5.57 Å². The third kappa shape index (κ3) is 4.95. The lowest BCUT2D eigenvalue weighted by molar-refractivity contribution is -0.159. The molecule has 216 valence electrons. The Bertz CT molecular complexity index is 1060. The molecule has 39 heavy (non-hydrogen) atoms. The van der Waals surface area contributed by atoms with Crippen molar-refractivity contribution in [3.8, 4) is 0 Å². The normalized spacial score (nSPS) is 42.5. The smallest absolute Gasteiger partial charge is 0.306 e. The van der Waals surface area contributed by atoms with Crippen LogP contribution in [0.5, 0.6) is 0 Å². The van der Waals surface area contributed by atoms with Crippen LogP contribution in [0.2, 0.25) is 0 Å². The van der Waals surface area contributed by atoms with Crippen LogP contribution in [-0.2, 0) is 19.2 Å². The van der Waals surface area contributed by atoms with E-state index >= 15 is 0 Å². The zero-order chi connectivity index (χ0) is 28.0. The van der Waals surface area contributed by atoms with Gasteiger partial charge in [0.15, 0.2) is 12.4 Å². The number of fused-ring (bicyclic) bond motifs is 5. The van der Waals surface area contributed by atoms with Gasteiger partial charge in [0.2, 0.25) is 0 Å². The first kappa shape index (κ1) is 28.3. The fraction of sp³-hybridized carbons (Fsp3) is 0.806. The van der Waals surface area contributed by atoms with Gasteiger partial charge in [0.25, 0.3) is 5.91 Å². The van der Waals surface area contributed by atoms with Gasteiger partial charge in [-0.1, -0.05) is 24.6 Å². The summed E-state index contributed by atoms with van der Waals surface area (Å²) in [5, 5.41) is 27.7. The fourth-order valence-corrected chi connectivity index (χ4v) is 9.33. The maximum atomic E-state index is 12.5. The van der Waals surface area contributed by atoms with Crippen LogP contribution in [0.25, 0.3) is 0 Å². The number of Topliss-reactive ketones (excluding diaryl/α,β-unsaturated/α-hetero) is 1. The molecule has 0 aromatic heterocycles. The van der Waals surface area contributed by atoms with Crippen molar-refractivity contribution >= 4 is 23.4 Å². The number of rotatable bonds is 7. The Balaban J connectivity index is 1.14. The van der Waals surface area contributed by atoms with Gasteiger partial charge in [0, 0.05) is 12.0 Å². The quantitative estimate of drug-likeness (QED) is 0.402. The molecule has 3 N–H and O–H groups in total. The summed E-state index contributed by atoms with van der Waals surface area (Å²) in [6, 6.07) is 0. The molecule has 4 fully saturated rings. The lowest BCUT2D eigenvalue weighted by Crippen LogP contribution is -2.57. The summed E-state index contributed by atoms with van der Waals surface area (Å²) in [4.78, 5) is 41.3. The first-order valence-corrected chi connectivity index (χ1v) is 15.1. The van der Waals surface area contributed by atoms with Crippen LogP contribution in [0.3, 0.4) is 0 Å². The summed E-state index contributed by atoms with van der Waals surface area (Å²) in [5.41, 5.74) is 0.952. The molecule has 0 heterocycles. The molecule has 0 radical (unpaired) electrons. The Hall–Kier alpha value is -2.22. The number of nitrogens with one attached hydrogen (secondary N) is 1. The Labute approximate surface area is 232 Å². The average Bonchev–Trinajstić information content (AvgIpc) is 3.19. The first-order valence-electron chi connectivity index (χ1n) is 15.1. The van der Waals surface area contributed by atoms with E-state index in [9.17, 15) is 19.5 Å². The molecule has 0 aromatic carbocycles. The summed E-state index contributed by atoms with van der Waals surface area (Å²) < 4.78 is 0. The lowest BCUT2D eigenvalue weighted by Gasteiger charge is -2.59. The van der Waals surface area contributed by atoms with Crippen LogP contribution in [0.4, 0.5) is 0 Å². The molecule has 8 heteroatoms. The van der Waals surface area contributed by atoms with Crippen molar-refractivity contribution < 1.29 is 29.4 Å². The van der Waals surface area contributed by atoms with Crippen LogP contribution in [0.1, 0.15) is 97.8 Å². The summed E-state index contributed by atoms with van der Waals surface area (Å²) in [6.07, 6.45) is 12.6. The molecular formula is C31H46N2O6. The van der Waals surface area contributed by atoms with Gasteiger partial charge in [-0.2, -0.15) is 0 Å². The third-order valence-corrected chi connectivity index (χ3v) is 11.9. The largest absolute Gasteiger partial charge is 0.481 e. The molecule has 0 saturated heterocycles. The van der Waals surface area contributed by atoms with Crippen LogP contribution in [-0.4, -0.2) is 52.3 Å². The number of oxime groups is 1. The minimum atomic E-state index is -1.17. The zero-order valence-corrected chi connectivity index (χ0v) is 23.8. The lowest BCUT2D eigenvalue weighted by atomic mass is 9.46. The number of hydrogen-bond donors (Lipinski definition) is 3. The summed E-state index contributed by atoms with van der Waals surface area (Å²) in [5.74, 6) is 0.599. The SMILES string of the molecule is CC(=O)C1(O)CCC2C3CCC4=CC(=NOCC(=O)NCC5CCC(C(=O)O)CC5)CCC4(C)C3CCC21C. The summed E-state index contributed by atoms with van der Waals surface area (Å²) in [7, 11) is 0. The van der Waals surface area contributed by atoms with Gasteiger partial charge in [-0.3, -0.25) is 14.4 Å². The average molecular weight is 543 g/mol. The number of nitrogens with zero attached hydrogens (tertiary/aromatic N) is 1. The number of carbonyl (C=O) groups is 3. The number of aliphatic carboxylic acids is 1.